The number of hydrogen-bond donors (Lipinski definition) is 2. The van der Waals surface area contributed by atoms with Gasteiger partial charge in [0.15, 0.2) is 5.60 Å². The lowest BCUT2D eigenvalue weighted by molar-refractivity contribution is -0.158. The summed E-state index contributed by atoms with van der Waals surface area (Å²) in [6.45, 7) is 1.66. The molecule has 1 aromatic rings. The summed E-state index contributed by atoms with van der Waals surface area (Å²) in [5.41, 5.74) is -0.805. The van der Waals surface area contributed by atoms with E-state index in [0.29, 0.717) is 0 Å². The fourth-order valence-corrected chi connectivity index (χ4v) is 1.29. The smallest absolute Gasteiger partial charge is 0.336 e. The Morgan fingerprint density at radius 1 is 1.36 bits per heavy atom. The van der Waals surface area contributed by atoms with Crippen molar-refractivity contribution in [3.63, 3.8) is 0 Å². The average molecular weight is 194 g/mol. The number of carboxylic acid groups (broad SMARTS) is 1. The SMILES string of the molecule is CCC(O)(Cc1ccccc1)C(=O)O. The largest absolute Gasteiger partial charge is 0.479 e. The highest BCUT2D eigenvalue weighted by molar-refractivity contribution is 5.77. The number of carboxylic acids is 1. The molecule has 1 aromatic carbocycles. The molecule has 14 heavy (non-hydrogen) atoms. The van der Waals surface area contributed by atoms with Crippen molar-refractivity contribution in [2.45, 2.75) is 25.4 Å². The van der Waals surface area contributed by atoms with Gasteiger partial charge in [-0.05, 0) is 12.0 Å². The molecule has 0 aromatic heterocycles. The summed E-state index contributed by atoms with van der Waals surface area (Å²) in [5.74, 6) is -1.16. The number of rotatable bonds is 4. The van der Waals surface area contributed by atoms with Gasteiger partial charge in [-0.1, -0.05) is 37.3 Å². The van der Waals surface area contributed by atoms with Crippen LogP contribution >= 0.6 is 0 Å². The molecule has 0 spiro atoms. The van der Waals surface area contributed by atoms with Crippen LogP contribution in [-0.2, 0) is 11.2 Å². The average Bonchev–Trinajstić information content (AvgIpc) is 2.19. The highest BCUT2D eigenvalue weighted by Crippen LogP contribution is 2.17. The first-order chi connectivity index (χ1) is 6.58. The Bertz CT molecular complexity index is 308. The van der Waals surface area contributed by atoms with E-state index in [-0.39, 0.29) is 12.8 Å². The van der Waals surface area contributed by atoms with Crippen LogP contribution in [0.15, 0.2) is 30.3 Å². The van der Waals surface area contributed by atoms with Crippen LogP contribution in [0.25, 0.3) is 0 Å². The van der Waals surface area contributed by atoms with E-state index in [2.05, 4.69) is 0 Å². The van der Waals surface area contributed by atoms with Crippen LogP contribution in [0.3, 0.4) is 0 Å². The Morgan fingerprint density at radius 3 is 2.36 bits per heavy atom. The minimum Gasteiger partial charge on any atom is -0.479 e. The molecule has 3 heteroatoms. The lowest BCUT2D eigenvalue weighted by Crippen LogP contribution is -2.40. The second-order valence-corrected chi connectivity index (χ2v) is 3.35. The van der Waals surface area contributed by atoms with Crippen molar-refractivity contribution < 1.29 is 15.0 Å². The molecule has 0 radical (unpaired) electrons. The zero-order valence-corrected chi connectivity index (χ0v) is 8.10. The third-order valence-electron chi connectivity index (χ3n) is 2.32. The van der Waals surface area contributed by atoms with Gasteiger partial charge >= 0.3 is 5.97 Å². The molecule has 0 saturated heterocycles. The van der Waals surface area contributed by atoms with Gasteiger partial charge in [0.1, 0.15) is 0 Å². The summed E-state index contributed by atoms with van der Waals surface area (Å²) in [7, 11) is 0. The van der Waals surface area contributed by atoms with Crippen LogP contribution in [-0.4, -0.2) is 21.8 Å². The van der Waals surface area contributed by atoms with Gasteiger partial charge in [-0.3, -0.25) is 0 Å². The summed E-state index contributed by atoms with van der Waals surface area (Å²) < 4.78 is 0. The van der Waals surface area contributed by atoms with Gasteiger partial charge in [0.25, 0.3) is 0 Å². The third kappa shape index (κ3) is 2.33. The van der Waals surface area contributed by atoms with Gasteiger partial charge < -0.3 is 10.2 Å². The first-order valence-electron chi connectivity index (χ1n) is 4.58. The van der Waals surface area contributed by atoms with Crippen molar-refractivity contribution in [2.24, 2.45) is 0 Å². The van der Waals surface area contributed by atoms with E-state index in [4.69, 9.17) is 5.11 Å². The summed E-state index contributed by atoms with van der Waals surface area (Å²) >= 11 is 0. The maximum absolute atomic E-state index is 10.8. The quantitative estimate of drug-likeness (QED) is 0.762. The summed E-state index contributed by atoms with van der Waals surface area (Å²) in [6, 6.07) is 9.13. The zero-order chi connectivity index (χ0) is 10.6. The Morgan fingerprint density at radius 2 is 1.93 bits per heavy atom. The first kappa shape index (κ1) is 10.7. The molecule has 2 N–H and O–H groups in total. The van der Waals surface area contributed by atoms with E-state index in [9.17, 15) is 9.90 Å². The predicted octanol–water partition coefficient (Wildman–Crippen LogP) is 1.45. The molecule has 0 aliphatic carbocycles. The van der Waals surface area contributed by atoms with Crippen LogP contribution < -0.4 is 0 Å². The highest BCUT2D eigenvalue weighted by Gasteiger charge is 2.33. The number of carbonyl (C=O) groups is 1. The zero-order valence-electron chi connectivity index (χ0n) is 8.10. The lowest BCUT2D eigenvalue weighted by Gasteiger charge is -2.21. The van der Waals surface area contributed by atoms with Crippen LogP contribution in [0.1, 0.15) is 18.9 Å². The summed E-state index contributed by atoms with van der Waals surface area (Å²) in [5, 5.41) is 18.6. The third-order valence-corrected chi connectivity index (χ3v) is 2.32. The molecule has 0 bridgehead atoms. The van der Waals surface area contributed by atoms with Gasteiger partial charge in [-0.2, -0.15) is 0 Å². The molecule has 0 aliphatic heterocycles. The van der Waals surface area contributed by atoms with Gasteiger partial charge in [-0.15, -0.1) is 0 Å². The van der Waals surface area contributed by atoms with Crippen molar-refractivity contribution >= 4 is 5.97 Å². The Hall–Kier alpha value is -1.35. The molecule has 1 atom stereocenters. The molecular weight excluding hydrogens is 180 g/mol. The predicted molar refractivity (Wildman–Crippen MR) is 53.0 cm³/mol. The second-order valence-electron chi connectivity index (χ2n) is 3.35. The Labute approximate surface area is 83.0 Å². The van der Waals surface area contributed by atoms with Gasteiger partial charge in [0, 0.05) is 6.42 Å². The van der Waals surface area contributed by atoms with Gasteiger partial charge in [0.05, 0.1) is 0 Å². The van der Waals surface area contributed by atoms with Gasteiger partial charge in [0.2, 0.25) is 0 Å². The van der Waals surface area contributed by atoms with Crippen LogP contribution in [0.5, 0.6) is 0 Å². The van der Waals surface area contributed by atoms with E-state index in [1.54, 1.807) is 6.92 Å². The van der Waals surface area contributed by atoms with Crippen molar-refractivity contribution in [1.82, 2.24) is 0 Å². The van der Waals surface area contributed by atoms with Crippen LogP contribution in [0, 0.1) is 0 Å². The standard InChI is InChI=1S/C11H14O3/c1-2-11(14,10(12)13)8-9-6-4-3-5-7-9/h3-7,14H,2,8H2,1H3,(H,12,13). The van der Waals surface area contributed by atoms with E-state index in [1.807, 2.05) is 30.3 Å². The monoisotopic (exact) mass is 194 g/mol. The van der Waals surface area contributed by atoms with E-state index in [0.717, 1.165) is 5.56 Å². The van der Waals surface area contributed by atoms with Crippen LogP contribution in [0.4, 0.5) is 0 Å². The first-order valence-corrected chi connectivity index (χ1v) is 4.58. The number of benzene rings is 1. The molecule has 0 heterocycles. The summed E-state index contributed by atoms with van der Waals surface area (Å²) in [4.78, 5) is 10.8. The Balaban J connectivity index is 2.81. The topological polar surface area (TPSA) is 57.5 Å². The molecule has 3 nitrogen and oxygen atoms in total. The fourth-order valence-electron chi connectivity index (χ4n) is 1.29. The minimum absolute atomic E-state index is 0.152. The van der Waals surface area contributed by atoms with Crippen LogP contribution in [0.2, 0.25) is 0 Å². The highest BCUT2D eigenvalue weighted by atomic mass is 16.4. The minimum atomic E-state index is -1.64. The van der Waals surface area contributed by atoms with Crippen molar-refractivity contribution in [3.05, 3.63) is 35.9 Å². The molecular formula is C11H14O3. The molecule has 0 aliphatic rings. The lowest BCUT2D eigenvalue weighted by atomic mass is 9.92. The Kier molecular flexibility index (Phi) is 3.25. The van der Waals surface area contributed by atoms with Crippen molar-refractivity contribution in [3.8, 4) is 0 Å². The van der Waals surface area contributed by atoms with Gasteiger partial charge in [-0.25, -0.2) is 4.79 Å². The molecule has 76 valence electrons. The van der Waals surface area contributed by atoms with Crippen molar-refractivity contribution in [2.75, 3.05) is 0 Å². The van der Waals surface area contributed by atoms with E-state index < -0.39 is 11.6 Å². The van der Waals surface area contributed by atoms with Crippen molar-refractivity contribution in [1.29, 1.82) is 0 Å². The molecule has 1 rings (SSSR count). The second kappa shape index (κ2) is 4.24. The van der Waals surface area contributed by atoms with E-state index in [1.165, 1.54) is 0 Å². The normalized spacial score (nSPS) is 14.7. The molecule has 0 amide bonds. The maximum atomic E-state index is 10.8. The van der Waals surface area contributed by atoms with E-state index >= 15 is 0 Å². The molecule has 0 saturated carbocycles. The number of aliphatic hydroxyl groups is 1. The fraction of sp³-hybridized carbons (Fsp3) is 0.364. The number of hydrogen-bond acceptors (Lipinski definition) is 2. The molecule has 0 fully saturated rings. The molecule has 1 unspecified atom stereocenters. The number of aliphatic carboxylic acids is 1. The maximum Gasteiger partial charge on any atom is 0.336 e. The summed E-state index contributed by atoms with van der Waals surface area (Å²) in [6.07, 6.45) is 0.358.